The molecule has 0 bridgehead atoms. The quantitative estimate of drug-likeness (QED) is 0.706. The Morgan fingerprint density at radius 2 is 2.21 bits per heavy atom. The predicted molar refractivity (Wildman–Crippen MR) is 68.4 cm³/mol. The van der Waals surface area contributed by atoms with Gasteiger partial charge in [0.15, 0.2) is 0 Å². The lowest BCUT2D eigenvalue weighted by Crippen LogP contribution is -2.47. The molecule has 0 aliphatic carbocycles. The van der Waals surface area contributed by atoms with Gasteiger partial charge in [-0.2, -0.15) is 4.31 Å². The molecule has 0 spiro atoms. The average molecular weight is 295 g/mol. The molecule has 1 atom stereocenters. The molecule has 7 nitrogen and oxygen atoms in total. The van der Waals surface area contributed by atoms with Gasteiger partial charge in [0.05, 0.1) is 37.6 Å². The second-order valence-electron chi connectivity index (χ2n) is 4.68. The van der Waals surface area contributed by atoms with Crippen LogP contribution in [0.2, 0.25) is 0 Å². The van der Waals surface area contributed by atoms with E-state index in [1.54, 1.807) is 0 Å². The summed E-state index contributed by atoms with van der Waals surface area (Å²) in [5, 5.41) is 8.69. The summed E-state index contributed by atoms with van der Waals surface area (Å²) >= 11 is 0. The number of sulfonamides is 1. The van der Waals surface area contributed by atoms with Crippen LogP contribution in [0.25, 0.3) is 0 Å². The van der Waals surface area contributed by atoms with E-state index in [1.807, 2.05) is 13.8 Å². The highest BCUT2D eigenvalue weighted by Crippen LogP contribution is 2.13. The van der Waals surface area contributed by atoms with Crippen molar-refractivity contribution in [1.29, 1.82) is 0 Å². The van der Waals surface area contributed by atoms with Crippen LogP contribution in [0, 0.1) is 0 Å². The molecule has 1 aliphatic heterocycles. The van der Waals surface area contributed by atoms with Gasteiger partial charge < -0.3 is 14.6 Å². The summed E-state index contributed by atoms with van der Waals surface area (Å²) in [6.07, 6.45) is -0.777. The molecule has 1 rings (SSSR count). The molecule has 19 heavy (non-hydrogen) atoms. The third kappa shape index (κ3) is 5.85. The van der Waals surface area contributed by atoms with Crippen molar-refractivity contribution in [2.75, 3.05) is 32.1 Å². The minimum Gasteiger partial charge on any atom is -0.481 e. The maximum Gasteiger partial charge on any atom is 0.306 e. The molecule has 8 heteroatoms. The largest absolute Gasteiger partial charge is 0.481 e. The number of nitrogens with zero attached hydrogens (tertiary/aromatic N) is 1. The number of hydrogen-bond acceptors (Lipinski definition) is 5. The number of carboxylic acids is 1. The van der Waals surface area contributed by atoms with Crippen LogP contribution in [-0.2, 0) is 24.3 Å². The van der Waals surface area contributed by atoms with Crippen LogP contribution >= 0.6 is 0 Å². The molecule has 0 amide bonds. The van der Waals surface area contributed by atoms with Gasteiger partial charge in [0.25, 0.3) is 0 Å². The molecule has 1 N–H and O–H groups in total. The van der Waals surface area contributed by atoms with Gasteiger partial charge in [0, 0.05) is 13.1 Å². The fraction of sp³-hybridized carbons (Fsp3) is 0.909. The highest BCUT2D eigenvalue weighted by atomic mass is 32.2. The molecular formula is C11H21NO6S. The number of hydrogen-bond donors (Lipinski definition) is 1. The van der Waals surface area contributed by atoms with Crippen LogP contribution in [0.3, 0.4) is 0 Å². The fourth-order valence-electron chi connectivity index (χ4n) is 1.78. The van der Waals surface area contributed by atoms with Gasteiger partial charge in [0.2, 0.25) is 10.0 Å². The molecule has 1 unspecified atom stereocenters. The van der Waals surface area contributed by atoms with Gasteiger partial charge in [-0.1, -0.05) is 0 Å². The molecule has 0 aromatic rings. The van der Waals surface area contributed by atoms with Gasteiger partial charge >= 0.3 is 5.97 Å². The molecule has 1 saturated heterocycles. The molecule has 0 aromatic heterocycles. The molecule has 0 radical (unpaired) electrons. The number of carboxylic acid groups (broad SMARTS) is 1. The normalized spacial score (nSPS) is 21.7. The number of rotatable bonds is 7. The Balaban J connectivity index is 2.50. The van der Waals surface area contributed by atoms with Crippen LogP contribution in [0.15, 0.2) is 0 Å². The first-order valence-electron chi connectivity index (χ1n) is 6.24. The van der Waals surface area contributed by atoms with Crippen LogP contribution in [0.5, 0.6) is 0 Å². The van der Waals surface area contributed by atoms with Gasteiger partial charge in [0.1, 0.15) is 0 Å². The number of aliphatic carboxylic acids is 1. The van der Waals surface area contributed by atoms with E-state index in [0.717, 1.165) is 0 Å². The van der Waals surface area contributed by atoms with E-state index in [-0.39, 0.29) is 44.6 Å². The lowest BCUT2D eigenvalue weighted by molar-refractivity contribution is -0.141. The zero-order valence-corrected chi connectivity index (χ0v) is 12.1. The molecule has 0 saturated carbocycles. The smallest absolute Gasteiger partial charge is 0.306 e. The predicted octanol–water partition coefficient (Wildman–Crippen LogP) is -0.0833. The van der Waals surface area contributed by atoms with Crippen molar-refractivity contribution in [3.63, 3.8) is 0 Å². The van der Waals surface area contributed by atoms with Crippen molar-refractivity contribution in [1.82, 2.24) is 4.31 Å². The van der Waals surface area contributed by atoms with E-state index in [9.17, 15) is 13.2 Å². The van der Waals surface area contributed by atoms with Crippen LogP contribution < -0.4 is 0 Å². The number of morpholine rings is 1. The van der Waals surface area contributed by atoms with Crippen molar-refractivity contribution >= 4 is 16.0 Å². The Morgan fingerprint density at radius 3 is 2.79 bits per heavy atom. The van der Waals surface area contributed by atoms with Crippen LogP contribution in [-0.4, -0.2) is 68.1 Å². The summed E-state index contributed by atoms with van der Waals surface area (Å²) in [4.78, 5) is 10.6. The Bertz CT molecular complexity index is 394. The fourth-order valence-corrected chi connectivity index (χ4v) is 3.09. The van der Waals surface area contributed by atoms with Crippen LogP contribution in [0.4, 0.5) is 0 Å². The monoisotopic (exact) mass is 295 g/mol. The third-order valence-electron chi connectivity index (χ3n) is 2.69. The Labute approximate surface area is 113 Å². The second kappa shape index (κ2) is 7.18. The number of ether oxygens (including phenoxy) is 2. The Hall–Kier alpha value is -0.700. The Morgan fingerprint density at radius 1 is 1.53 bits per heavy atom. The third-order valence-corrected chi connectivity index (χ3v) is 4.49. The first kappa shape index (κ1) is 16.4. The molecule has 1 heterocycles. The summed E-state index contributed by atoms with van der Waals surface area (Å²) < 4.78 is 35.8. The van der Waals surface area contributed by atoms with Crippen molar-refractivity contribution in [2.45, 2.75) is 32.5 Å². The van der Waals surface area contributed by atoms with Crippen molar-refractivity contribution < 1.29 is 27.8 Å². The lowest BCUT2D eigenvalue weighted by Gasteiger charge is -2.31. The van der Waals surface area contributed by atoms with Crippen molar-refractivity contribution in [3.8, 4) is 0 Å². The topological polar surface area (TPSA) is 93.1 Å². The standard InChI is InChI=1S/C11H21NO6S/c1-9(2)17-5-6-19(15,16)12-3-4-18-10(8-12)7-11(13)14/h9-10H,3-8H2,1-2H3,(H,13,14). The second-order valence-corrected chi connectivity index (χ2v) is 6.77. The van der Waals surface area contributed by atoms with Gasteiger partial charge in [-0.3, -0.25) is 4.79 Å². The van der Waals surface area contributed by atoms with E-state index >= 15 is 0 Å². The van der Waals surface area contributed by atoms with Crippen molar-refractivity contribution in [3.05, 3.63) is 0 Å². The van der Waals surface area contributed by atoms with Gasteiger partial charge in [-0.05, 0) is 13.8 Å². The van der Waals surface area contributed by atoms with E-state index in [1.165, 1.54) is 4.31 Å². The highest BCUT2D eigenvalue weighted by Gasteiger charge is 2.30. The van der Waals surface area contributed by atoms with E-state index in [4.69, 9.17) is 14.6 Å². The molecule has 1 fully saturated rings. The molecule has 1 aliphatic rings. The van der Waals surface area contributed by atoms with Crippen LogP contribution in [0.1, 0.15) is 20.3 Å². The SMILES string of the molecule is CC(C)OCCS(=O)(=O)N1CCOC(CC(=O)O)C1. The molecule has 0 aromatic carbocycles. The maximum atomic E-state index is 12.0. The maximum absolute atomic E-state index is 12.0. The lowest BCUT2D eigenvalue weighted by atomic mass is 10.2. The highest BCUT2D eigenvalue weighted by molar-refractivity contribution is 7.89. The minimum atomic E-state index is -3.41. The van der Waals surface area contributed by atoms with Gasteiger partial charge in [-0.25, -0.2) is 8.42 Å². The average Bonchev–Trinajstić information content (AvgIpc) is 2.27. The Kier molecular flexibility index (Phi) is 6.18. The molecule has 112 valence electrons. The summed E-state index contributed by atoms with van der Waals surface area (Å²) in [6, 6.07) is 0. The summed E-state index contributed by atoms with van der Waals surface area (Å²) in [5.74, 6) is -1.09. The zero-order valence-electron chi connectivity index (χ0n) is 11.2. The van der Waals surface area contributed by atoms with E-state index in [2.05, 4.69) is 0 Å². The first-order valence-corrected chi connectivity index (χ1v) is 7.85. The van der Waals surface area contributed by atoms with Gasteiger partial charge in [-0.15, -0.1) is 0 Å². The van der Waals surface area contributed by atoms with E-state index in [0.29, 0.717) is 0 Å². The minimum absolute atomic E-state index is 0.0142. The van der Waals surface area contributed by atoms with Crippen molar-refractivity contribution in [2.24, 2.45) is 0 Å². The summed E-state index contributed by atoms with van der Waals surface area (Å²) in [7, 11) is -3.41. The molecular weight excluding hydrogens is 274 g/mol. The van der Waals surface area contributed by atoms with E-state index < -0.39 is 22.1 Å². The summed E-state index contributed by atoms with van der Waals surface area (Å²) in [5.41, 5.74) is 0. The summed E-state index contributed by atoms with van der Waals surface area (Å²) in [6.45, 7) is 4.40. The number of carbonyl (C=O) groups is 1. The zero-order chi connectivity index (χ0) is 14.5. The first-order chi connectivity index (χ1) is 8.81.